The van der Waals surface area contributed by atoms with Crippen molar-refractivity contribution in [3.63, 3.8) is 0 Å². The minimum Gasteiger partial charge on any atom is -0.466 e. The van der Waals surface area contributed by atoms with Gasteiger partial charge in [-0.3, -0.25) is 19.2 Å². The van der Waals surface area contributed by atoms with Crippen LogP contribution in [0, 0.1) is 5.92 Å². The molecule has 0 aliphatic rings. The molecule has 0 heterocycles. The van der Waals surface area contributed by atoms with Crippen molar-refractivity contribution in [2.75, 3.05) is 13.2 Å². The molecule has 0 aliphatic carbocycles. The van der Waals surface area contributed by atoms with Gasteiger partial charge in [-0.25, -0.2) is 0 Å². The Morgan fingerprint density at radius 1 is 0.871 bits per heavy atom. The van der Waals surface area contributed by atoms with Crippen molar-refractivity contribution in [3.8, 4) is 11.1 Å². The smallest absolute Gasteiger partial charge is 0.312 e. The van der Waals surface area contributed by atoms with E-state index in [4.69, 9.17) is 15.2 Å². The molecule has 0 bridgehead atoms. The number of hydrogen-bond donors (Lipinski definition) is 2. The number of esters is 2. The molecular formula is C23H26N2O6. The van der Waals surface area contributed by atoms with Gasteiger partial charge in [-0.15, -0.1) is 0 Å². The Kier molecular flexibility index (Phi) is 8.75. The highest BCUT2D eigenvalue weighted by molar-refractivity contribution is 5.99. The third kappa shape index (κ3) is 6.67. The summed E-state index contributed by atoms with van der Waals surface area (Å²) in [4.78, 5) is 49.0. The van der Waals surface area contributed by atoms with Gasteiger partial charge in [-0.05, 0) is 37.1 Å². The molecule has 0 aliphatic heterocycles. The third-order valence-electron chi connectivity index (χ3n) is 4.53. The van der Waals surface area contributed by atoms with Crippen molar-refractivity contribution < 1.29 is 28.7 Å². The maximum absolute atomic E-state index is 12.7. The van der Waals surface area contributed by atoms with Crippen LogP contribution in [0.5, 0.6) is 0 Å². The van der Waals surface area contributed by atoms with Crippen LogP contribution >= 0.6 is 0 Å². The van der Waals surface area contributed by atoms with Crippen LogP contribution in [0.25, 0.3) is 11.1 Å². The minimum absolute atomic E-state index is 0.0402. The Morgan fingerprint density at radius 3 is 2.00 bits per heavy atom. The van der Waals surface area contributed by atoms with E-state index >= 15 is 0 Å². The van der Waals surface area contributed by atoms with E-state index < -0.39 is 42.1 Å². The van der Waals surface area contributed by atoms with Gasteiger partial charge < -0.3 is 20.5 Å². The molecule has 2 aromatic rings. The first-order valence-electron chi connectivity index (χ1n) is 9.95. The van der Waals surface area contributed by atoms with Gasteiger partial charge in [-0.2, -0.15) is 0 Å². The van der Waals surface area contributed by atoms with Crippen molar-refractivity contribution >= 4 is 23.8 Å². The molecule has 2 atom stereocenters. The standard InChI is InChI=1S/C23H26N2O6/c1-3-30-19(26)14-18(23(29)31-4-2)20(21(24)27)25-22(28)17-12-10-16(11-13-17)15-8-6-5-7-9-15/h5-13,18,20H,3-4,14H2,1-2H3,(H2,24,27)(H,25,28)/t18-,20+/m0/s1. The SMILES string of the molecule is CCOC(=O)C[C@H](C(=O)OCC)[C@@H](NC(=O)c1ccc(-c2ccccc2)cc1)C(N)=O. The maximum Gasteiger partial charge on any atom is 0.312 e. The summed E-state index contributed by atoms with van der Waals surface area (Å²) in [6.07, 6.45) is -0.451. The van der Waals surface area contributed by atoms with Gasteiger partial charge in [0.2, 0.25) is 5.91 Å². The summed E-state index contributed by atoms with van der Waals surface area (Å²) in [5.74, 6) is -4.39. The van der Waals surface area contributed by atoms with Crippen LogP contribution in [0.3, 0.4) is 0 Å². The number of nitrogens with two attached hydrogens (primary N) is 1. The van der Waals surface area contributed by atoms with E-state index in [1.165, 1.54) is 0 Å². The molecule has 0 saturated carbocycles. The van der Waals surface area contributed by atoms with Crippen molar-refractivity contribution in [2.24, 2.45) is 11.7 Å². The van der Waals surface area contributed by atoms with E-state index in [0.717, 1.165) is 11.1 Å². The highest BCUT2D eigenvalue weighted by atomic mass is 16.5. The third-order valence-corrected chi connectivity index (χ3v) is 4.53. The molecule has 31 heavy (non-hydrogen) atoms. The average molecular weight is 426 g/mol. The van der Waals surface area contributed by atoms with E-state index in [2.05, 4.69) is 5.32 Å². The lowest BCUT2D eigenvalue weighted by Crippen LogP contribution is -2.52. The minimum atomic E-state index is -1.44. The number of hydrogen-bond acceptors (Lipinski definition) is 6. The molecule has 2 amide bonds. The topological polar surface area (TPSA) is 125 Å². The van der Waals surface area contributed by atoms with Gasteiger partial charge in [0.25, 0.3) is 5.91 Å². The van der Waals surface area contributed by atoms with E-state index in [-0.39, 0.29) is 18.8 Å². The molecule has 0 unspecified atom stereocenters. The number of nitrogens with one attached hydrogen (secondary N) is 1. The lowest BCUT2D eigenvalue weighted by Gasteiger charge is -2.23. The van der Waals surface area contributed by atoms with E-state index in [9.17, 15) is 19.2 Å². The Labute approximate surface area is 180 Å². The zero-order valence-electron chi connectivity index (χ0n) is 17.5. The summed E-state index contributed by atoms with van der Waals surface area (Å²) in [7, 11) is 0. The predicted molar refractivity (Wildman–Crippen MR) is 114 cm³/mol. The first kappa shape index (κ1) is 23.6. The maximum atomic E-state index is 12.7. The van der Waals surface area contributed by atoms with Crippen LogP contribution < -0.4 is 11.1 Å². The summed E-state index contributed by atoms with van der Waals surface area (Å²) in [5, 5.41) is 2.46. The van der Waals surface area contributed by atoms with Crippen molar-refractivity contribution in [3.05, 3.63) is 60.2 Å². The fraction of sp³-hybridized carbons (Fsp3) is 0.304. The van der Waals surface area contributed by atoms with E-state index in [1.54, 1.807) is 38.1 Å². The summed E-state index contributed by atoms with van der Waals surface area (Å²) >= 11 is 0. The first-order chi connectivity index (χ1) is 14.9. The number of primary amides is 1. The van der Waals surface area contributed by atoms with Gasteiger partial charge in [0.15, 0.2) is 0 Å². The largest absolute Gasteiger partial charge is 0.466 e. The average Bonchev–Trinajstić information content (AvgIpc) is 2.77. The van der Waals surface area contributed by atoms with Gasteiger partial charge in [-0.1, -0.05) is 42.5 Å². The fourth-order valence-electron chi connectivity index (χ4n) is 3.03. The molecule has 164 valence electrons. The molecule has 2 rings (SSSR count). The van der Waals surface area contributed by atoms with Crippen molar-refractivity contribution in [1.29, 1.82) is 0 Å². The van der Waals surface area contributed by atoms with Gasteiger partial charge in [0.1, 0.15) is 6.04 Å². The van der Waals surface area contributed by atoms with Crippen LogP contribution in [-0.4, -0.2) is 43.0 Å². The zero-order chi connectivity index (χ0) is 22.8. The second kappa shape index (κ2) is 11.5. The number of benzene rings is 2. The summed E-state index contributed by atoms with van der Waals surface area (Å²) in [5.41, 5.74) is 7.60. The number of rotatable bonds is 10. The second-order valence-electron chi connectivity index (χ2n) is 6.66. The number of amides is 2. The summed E-state index contributed by atoms with van der Waals surface area (Å²) < 4.78 is 9.82. The van der Waals surface area contributed by atoms with Crippen LogP contribution in [0.2, 0.25) is 0 Å². The highest BCUT2D eigenvalue weighted by Gasteiger charge is 2.37. The molecule has 0 radical (unpaired) electrons. The quantitative estimate of drug-likeness (QED) is 0.561. The summed E-state index contributed by atoms with van der Waals surface area (Å²) in [6, 6.07) is 14.9. The molecule has 2 aromatic carbocycles. The fourth-order valence-corrected chi connectivity index (χ4v) is 3.03. The lowest BCUT2D eigenvalue weighted by molar-refractivity contribution is -0.156. The van der Waals surface area contributed by atoms with E-state index in [1.807, 2.05) is 30.3 Å². The van der Waals surface area contributed by atoms with Crippen LogP contribution in [0.15, 0.2) is 54.6 Å². The molecule has 0 saturated heterocycles. The molecule has 8 nitrogen and oxygen atoms in total. The molecule has 0 fully saturated rings. The number of carbonyl (C=O) groups is 4. The first-order valence-corrected chi connectivity index (χ1v) is 9.95. The molecule has 0 aromatic heterocycles. The lowest BCUT2D eigenvalue weighted by atomic mass is 9.94. The number of ether oxygens (including phenoxy) is 2. The van der Waals surface area contributed by atoms with E-state index in [0.29, 0.717) is 0 Å². The molecular weight excluding hydrogens is 400 g/mol. The highest BCUT2D eigenvalue weighted by Crippen LogP contribution is 2.20. The van der Waals surface area contributed by atoms with Crippen LogP contribution in [0.1, 0.15) is 30.6 Å². The summed E-state index contributed by atoms with van der Waals surface area (Å²) in [6.45, 7) is 3.35. The Bertz CT molecular complexity index is 911. The van der Waals surface area contributed by atoms with Crippen LogP contribution in [-0.2, 0) is 23.9 Å². The molecule has 3 N–H and O–H groups in total. The van der Waals surface area contributed by atoms with Gasteiger partial charge in [0.05, 0.1) is 25.6 Å². The predicted octanol–water partition coefficient (Wildman–Crippen LogP) is 2.07. The Balaban J connectivity index is 2.20. The Hall–Kier alpha value is -3.68. The van der Waals surface area contributed by atoms with Crippen LogP contribution in [0.4, 0.5) is 0 Å². The second-order valence-corrected chi connectivity index (χ2v) is 6.66. The number of carbonyl (C=O) groups excluding carboxylic acids is 4. The van der Waals surface area contributed by atoms with Gasteiger partial charge in [0, 0.05) is 5.56 Å². The van der Waals surface area contributed by atoms with Gasteiger partial charge >= 0.3 is 11.9 Å². The monoisotopic (exact) mass is 426 g/mol. The Morgan fingerprint density at radius 2 is 1.45 bits per heavy atom. The van der Waals surface area contributed by atoms with Crippen molar-refractivity contribution in [2.45, 2.75) is 26.3 Å². The molecule has 8 heteroatoms. The van der Waals surface area contributed by atoms with Crippen molar-refractivity contribution in [1.82, 2.24) is 5.32 Å². The zero-order valence-corrected chi connectivity index (χ0v) is 17.5. The normalized spacial score (nSPS) is 12.3. The molecule has 0 spiro atoms.